The fourth-order valence-electron chi connectivity index (χ4n) is 3.38. The second kappa shape index (κ2) is 8.70. The number of amides is 1. The molecule has 2 aliphatic rings. The molecular weight excluding hydrogens is 308 g/mol. The molecule has 0 radical (unpaired) electrons. The first-order valence-corrected chi connectivity index (χ1v) is 9.23. The quantitative estimate of drug-likeness (QED) is 0.797. The van der Waals surface area contributed by atoms with E-state index in [-0.39, 0.29) is 24.2 Å². The molecule has 2 fully saturated rings. The van der Waals surface area contributed by atoms with Crippen LogP contribution < -0.4 is 5.32 Å². The lowest BCUT2D eigenvalue weighted by Crippen LogP contribution is -2.50. The van der Waals surface area contributed by atoms with Crippen LogP contribution in [0.1, 0.15) is 65.7 Å². The van der Waals surface area contributed by atoms with E-state index in [0.29, 0.717) is 13.1 Å². The van der Waals surface area contributed by atoms with Crippen molar-refractivity contribution >= 4 is 12.1 Å². The van der Waals surface area contributed by atoms with Crippen molar-refractivity contribution in [2.24, 2.45) is 0 Å². The summed E-state index contributed by atoms with van der Waals surface area (Å²) in [6.07, 6.45) is 7.13. The van der Waals surface area contributed by atoms with Crippen LogP contribution in [-0.2, 0) is 14.3 Å². The van der Waals surface area contributed by atoms with Crippen molar-refractivity contribution in [3.05, 3.63) is 0 Å². The van der Waals surface area contributed by atoms with Crippen molar-refractivity contribution in [3.8, 4) is 0 Å². The predicted molar refractivity (Wildman–Crippen MR) is 91.8 cm³/mol. The average molecular weight is 340 g/mol. The smallest absolute Gasteiger partial charge is 0.407 e. The molecule has 6 heteroatoms. The Hall–Kier alpha value is -1.30. The van der Waals surface area contributed by atoms with E-state index in [1.54, 1.807) is 0 Å². The first-order valence-electron chi connectivity index (χ1n) is 9.23. The first-order chi connectivity index (χ1) is 11.3. The van der Waals surface area contributed by atoms with E-state index < -0.39 is 5.60 Å². The van der Waals surface area contributed by atoms with E-state index >= 15 is 0 Å². The molecule has 0 bridgehead atoms. The summed E-state index contributed by atoms with van der Waals surface area (Å²) < 4.78 is 10.9. The third kappa shape index (κ3) is 7.07. The highest BCUT2D eigenvalue weighted by Gasteiger charge is 2.26. The van der Waals surface area contributed by atoms with Gasteiger partial charge in [-0.2, -0.15) is 0 Å². The van der Waals surface area contributed by atoms with Crippen molar-refractivity contribution in [2.75, 3.05) is 19.6 Å². The standard InChI is InChI=1S/C18H32N2O4/c1-18(2,3)24-17(22)19-14-8-7-11-20(12-14)13-16(21)23-15-9-5-4-6-10-15/h14-15H,4-13H2,1-3H3,(H,19,22). The van der Waals surface area contributed by atoms with Crippen LogP contribution in [0.3, 0.4) is 0 Å². The minimum absolute atomic E-state index is 0.0241. The van der Waals surface area contributed by atoms with Gasteiger partial charge in [-0.3, -0.25) is 9.69 Å². The molecule has 2 rings (SSSR count). The van der Waals surface area contributed by atoms with Gasteiger partial charge in [0.25, 0.3) is 0 Å². The number of nitrogens with zero attached hydrogens (tertiary/aromatic N) is 1. The van der Waals surface area contributed by atoms with E-state index in [0.717, 1.165) is 45.1 Å². The summed E-state index contributed by atoms with van der Waals surface area (Å²) in [5.41, 5.74) is -0.498. The maximum absolute atomic E-state index is 12.1. The molecule has 1 atom stereocenters. The molecule has 1 aliphatic carbocycles. The van der Waals surface area contributed by atoms with Crippen molar-refractivity contribution in [2.45, 2.75) is 83.5 Å². The number of piperidine rings is 1. The van der Waals surface area contributed by atoms with Crippen molar-refractivity contribution in [3.63, 3.8) is 0 Å². The average Bonchev–Trinajstić information content (AvgIpc) is 2.46. The number of nitrogens with one attached hydrogen (secondary N) is 1. The topological polar surface area (TPSA) is 67.9 Å². The zero-order valence-electron chi connectivity index (χ0n) is 15.3. The molecule has 1 N–H and O–H groups in total. The molecule has 1 heterocycles. The summed E-state index contributed by atoms with van der Waals surface area (Å²) in [5.74, 6) is -0.139. The SMILES string of the molecule is CC(C)(C)OC(=O)NC1CCCN(CC(=O)OC2CCCCC2)C1. The molecule has 1 unspecified atom stereocenters. The van der Waals surface area contributed by atoms with E-state index in [1.165, 1.54) is 6.42 Å². The number of carbonyl (C=O) groups excluding carboxylic acids is 2. The van der Waals surface area contributed by atoms with E-state index in [9.17, 15) is 9.59 Å². The third-order valence-corrected chi connectivity index (χ3v) is 4.43. The van der Waals surface area contributed by atoms with Gasteiger partial charge in [0.05, 0.1) is 6.54 Å². The van der Waals surface area contributed by atoms with Crippen molar-refractivity contribution in [1.29, 1.82) is 0 Å². The molecule has 138 valence electrons. The molecule has 0 aromatic heterocycles. The monoisotopic (exact) mass is 340 g/mol. The van der Waals surface area contributed by atoms with Gasteiger partial charge in [0.15, 0.2) is 0 Å². The fourth-order valence-corrected chi connectivity index (χ4v) is 3.38. The number of alkyl carbamates (subject to hydrolysis) is 1. The maximum Gasteiger partial charge on any atom is 0.407 e. The highest BCUT2D eigenvalue weighted by Crippen LogP contribution is 2.20. The Bertz CT molecular complexity index is 427. The van der Waals surface area contributed by atoms with Gasteiger partial charge in [-0.1, -0.05) is 6.42 Å². The van der Waals surface area contributed by atoms with Gasteiger partial charge in [0.1, 0.15) is 11.7 Å². The van der Waals surface area contributed by atoms with Crippen LogP contribution in [0.2, 0.25) is 0 Å². The number of ether oxygens (including phenoxy) is 2. The van der Waals surface area contributed by atoms with E-state index in [4.69, 9.17) is 9.47 Å². The molecular formula is C18H32N2O4. The van der Waals surface area contributed by atoms with E-state index in [1.807, 2.05) is 20.8 Å². The van der Waals surface area contributed by atoms with Gasteiger partial charge in [0, 0.05) is 12.6 Å². The Morgan fingerprint density at radius 1 is 1.08 bits per heavy atom. The number of carbonyl (C=O) groups is 2. The summed E-state index contributed by atoms with van der Waals surface area (Å²) in [6, 6.07) is 0.0241. The molecule has 0 spiro atoms. The Labute approximate surface area is 145 Å². The number of likely N-dealkylation sites (tertiary alicyclic amines) is 1. The molecule has 6 nitrogen and oxygen atoms in total. The largest absolute Gasteiger partial charge is 0.461 e. The van der Waals surface area contributed by atoms with Crippen molar-refractivity contribution in [1.82, 2.24) is 10.2 Å². The maximum atomic E-state index is 12.1. The lowest BCUT2D eigenvalue weighted by Gasteiger charge is -2.33. The van der Waals surface area contributed by atoms with Crippen molar-refractivity contribution < 1.29 is 19.1 Å². The first kappa shape index (κ1) is 19.0. The van der Waals surface area contributed by atoms with Crippen LogP contribution in [0.25, 0.3) is 0 Å². The second-order valence-corrected chi connectivity index (χ2v) is 7.97. The number of rotatable bonds is 4. The molecule has 1 amide bonds. The zero-order valence-corrected chi connectivity index (χ0v) is 15.3. The summed E-state index contributed by atoms with van der Waals surface area (Å²) in [7, 11) is 0. The second-order valence-electron chi connectivity index (χ2n) is 7.97. The van der Waals surface area contributed by atoms with Gasteiger partial charge in [-0.25, -0.2) is 4.79 Å². The summed E-state index contributed by atoms with van der Waals surface area (Å²) in [4.78, 5) is 26.1. The van der Waals surface area contributed by atoms with Crippen LogP contribution in [0, 0.1) is 0 Å². The van der Waals surface area contributed by atoms with Crippen LogP contribution in [0.4, 0.5) is 4.79 Å². The number of hydrogen-bond acceptors (Lipinski definition) is 5. The Morgan fingerprint density at radius 3 is 2.46 bits per heavy atom. The molecule has 0 aromatic carbocycles. The Morgan fingerprint density at radius 2 is 1.79 bits per heavy atom. The minimum Gasteiger partial charge on any atom is -0.461 e. The minimum atomic E-state index is -0.498. The van der Waals surface area contributed by atoms with E-state index in [2.05, 4.69) is 10.2 Å². The molecule has 0 aromatic rings. The zero-order chi connectivity index (χ0) is 17.6. The molecule has 24 heavy (non-hydrogen) atoms. The molecule has 1 aliphatic heterocycles. The van der Waals surface area contributed by atoms with Crippen LogP contribution >= 0.6 is 0 Å². The highest BCUT2D eigenvalue weighted by atomic mass is 16.6. The summed E-state index contributed by atoms with van der Waals surface area (Å²) in [6.45, 7) is 7.39. The highest BCUT2D eigenvalue weighted by molar-refractivity contribution is 5.72. The molecule has 1 saturated carbocycles. The van der Waals surface area contributed by atoms with Gasteiger partial charge in [0.2, 0.25) is 0 Å². The van der Waals surface area contributed by atoms with Gasteiger partial charge >= 0.3 is 12.1 Å². The van der Waals surface area contributed by atoms with Gasteiger partial charge < -0.3 is 14.8 Å². The Balaban J connectivity index is 1.71. The molecule has 1 saturated heterocycles. The predicted octanol–water partition coefficient (Wildman–Crippen LogP) is 2.85. The summed E-state index contributed by atoms with van der Waals surface area (Å²) in [5, 5.41) is 2.91. The number of esters is 1. The fraction of sp³-hybridized carbons (Fsp3) is 0.889. The van der Waals surface area contributed by atoms with Crippen LogP contribution in [0.5, 0.6) is 0 Å². The lowest BCUT2D eigenvalue weighted by molar-refractivity contribution is -0.152. The van der Waals surface area contributed by atoms with Gasteiger partial charge in [-0.15, -0.1) is 0 Å². The Kier molecular flexibility index (Phi) is 6.90. The summed E-state index contributed by atoms with van der Waals surface area (Å²) >= 11 is 0. The van der Waals surface area contributed by atoms with Crippen LogP contribution in [-0.4, -0.2) is 54.3 Å². The van der Waals surface area contributed by atoms with Crippen LogP contribution in [0.15, 0.2) is 0 Å². The third-order valence-electron chi connectivity index (χ3n) is 4.43. The number of hydrogen-bond donors (Lipinski definition) is 1. The lowest BCUT2D eigenvalue weighted by atomic mass is 9.98. The van der Waals surface area contributed by atoms with Gasteiger partial charge in [-0.05, 0) is 65.8 Å². The normalized spacial score (nSPS) is 23.5.